The van der Waals surface area contributed by atoms with E-state index in [2.05, 4.69) is 25.9 Å². The SMILES string of the molecule is CC(C)(C)OC(=O)CSc1cc(Br)nc(C2CC2)n1. The number of carbonyl (C=O) groups is 1. The number of carbonyl (C=O) groups excluding carboxylic acids is 1. The molecule has 1 aromatic rings. The third kappa shape index (κ3) is 5.10. The van der Waals surface area contributed by atoms with Gasteiger partial charge < -0.3 is 4.74 Å². The summed E-state index contributed by atoms with van der Waals surface area (Å²) >= 11 is 4.77. The first-order valence-corrected chi connectivity index (χ1v) is 8.00. The Morgan fingerprint density at radius 2 is 2.16 bits per heavy atom. The van der Waals surface area contributed by atoms with Gasteiger partial charge in [-0.15, -0.1) is 0 Å². The number of ether oxygens (including phenoxy) is 1. The van der Waals surface area contributed by atoms with Gasteiger partial charge in [0.15, 0.2) is 0 Å². The van der Waals surface area contributed by atoms with Crippen molar-refractivity contribution in [2.75, 3.05) is 5.75 Å². The Balaban J connectivity index is 1.94. The summed E-state index contributed by atoms with van der Waals surface area (Å²) in [6, 6.07) is 1.83. The second kappa shape index (κ2) is 5.79. The van der Waals surface area contributed by atoms with Gasteiger partial charge in [-0.1, -0.05) is 11.8 Å². The number of halogens is 1. The van der Waals surface area contributed by atoms with E-state index >= 15 is 0 Å². The Hall–Kier alpha value is -0.620. The molecule has 0 aromatic carbocycles. The number of esters is 1. The standard InChI is InChI=1S/C13H17BrN2O2S/c1-13(2,3)18-11(17)7-19-10-6-9(14)15-12(16-10)8-4-5-8/h6,8H,4-5,7H2,1-3H3. The Morgan fingerprint density at radius 3 is 2.74 bits per heavy atom. The minimum absolute atomic E-state index is 0.222. The van der Waals surface area contributed by atoms with E-state index in [-0.39, 0.29) is 11.7 Å². The molecule has 0 N–H and O–H groups in total. The van der Waals surface area contributed by atoms with E-state index in [1.807, 2.05) is 26.8 Å². The summed E-state index contributed by atoms with van der Waals surface area (Å²) in [7, 11) is 0. The Kier molecular flexibility index (Phi) is 4.50. The van der Waals surface area contributed by atoms with Gasteiger partial charge in [0.1, 0.15) is 21.1 Å². The largest absolute Gasteiger partial charge is 0.459 e. The van der Waals surface area contributed by atoms with Crippen molar-refractivity contribution in [1.82, 2.24) is 9.97 Å². The van der Waals surface area contributed by atoms with Crippen molar-refractivity contribution in [3.8, 4) is 0 Å². The zero-order valence-corrected chi connectivity index (χ0v) is 13.7. The Labute approximate surface area is 125 Å². The summed E-state index contributed by atoms with van der Waals surface area (Å²) < 4.78 is 6.04. The highest BCUT2D eigenvalue weighted by Crippen LogP contribution is 2.39. The van der Waals surface area contributed by atoms with Crippen LogP contribution >= 0.6 is 27.7 Å². The molecule has 0 saturated heterocycles. The highest BCUT2D eigenvalue weighted by Gasteiger charge is 2.27. The number of aromatic nitrogens is 2. The predicted molar refractivity (Wildman–Crippen MR) is 78.3 cm³/mol. The lowest BCUT2D eigenvalue weighted by Gasteiger charge is -2.19. The van der Waals surface area contributed by atoms with Crippen LogP contribution in [0.25, 0.3) is 0 Å². The number of thioether (sulfide) groups is 1. The van der Waals surface area contributed by atoms with E-state index < -0.39 is 5.60 Å². The van der Waals surface area contributed by atoms with Gasteiger partial charge in [0, 0.05) is 12.0 Å². The summed E-state index contributed by atoms with van der Waals surface area (Å²) in [6.45, 7) is 5.59. The number of nitrogens with zero attached hydrogens (tertiary/aromatic N) is 2. The summed E-state index contributed by atoms with van der Waals surface area (Å²) in [5.41, 5.74) is -0.441. The van der Waals surface area contributed by atoms with E-state index in [1.54, 1.807) is 0 Å². The molecule has 1 aliphatic carbocycles. The molecule has 0 aliphatic heterocycles. The first-order chi connectivity index (χ1) is 8.83. The topological polar surface area (TPSA) is 52.1 Å². The maximum Gasteiger partial charge on any atom is 0.316 e. The normalized spacial score (nSPS) is 15.4. The van der Waals surface area contributed by atoms with E-state index in [4.69, 9.17) is 4.74 Å². The molecule has 1 aliphatic rings. The van der Waals surface area contributed by atoms with E-state index in [0.29, 0.717) is 5.92 Å². The molecule has 19 heavy (non-hydrogen) atoms. The van der Waals surface area contributed by atoms with Crippen molar-refractivity contribution in [3.63, 3.8) is 0 Å². The van der Waals surface area contributed by atoms with Crippen LogP contribution in [0.4, 0.5) is 0 Å². The molecule has 104 valence electrons. The molecule has 0 unspecified atom stereocenters. The lowest BCUT2D eigenvalue weighted by Crippen LogP contribution is -2.24. The van der Waals surface area contributed by atoms with Crippen molar-refractivity contribution in [3.05, 3.63) is 16.5 Å². The number of rotatable bonds is 4. The monoisotopic (exact) mass is 344 g/mol. The van der Waals surface area contributed by atoms with Gasteiger partial charge in [0.05, 0.1) is 5.75 Å². The van der Waals surface area contributed by atoms with Gasteiger partial charge in [-0.25, -0.2) is 9.97 Å². The molecule has 0 atom stereocenters. The zero-order valence-electron chi connectivity index (χ0n) is 11.3. The van der Waals surface area contributed by atoms with Crippen molar-refractivity contribution in [2.24, 2.45) is 0 Å². The minimum Gasteiger partial charge on any atom is -0.459 e. The van der Waals surface area contributed by atoms with Crippen LogP contribution in [0.3, 0.4) is 0 Å². The van der Waals surface area contributed by atoms with Crippen LogP contribution in [0.5, 0.6) is 0 Å². The van der Waals surface area contributed by atoms with Crippen LogP contribution < -0.4 is 0 Å². The molecule has 1 saturated carbocycles. The molecule has 0 amide bonds. The third-order valence-electron chi connectivity index (χ3n) is 2.39. The van der Waals surface area contributed by atoms with E-state index in [9.17, 15) is 4.79 Å². The van der Waals surface area contributed by atoms with Gasteiger partial charge in [-0.3, -0.25) is 4.79 Å². The maximum absolute atomic E-state index is 11.6. The van der Waals surface area contributed by atoms with E-state index in [1.165, 1.54) is 11.8 Å². The summed E-state index contributed by atoms with van der Waals surface area (Å²) in [5, 5.41) is 0.814. The molecule has 2 rings (SSSR count). The molecule has 0 spiro atoms. The lowest BCUT2D eigenvalue weighted by molar-refractivity contribution is -0.151. The van der Waals surface area contributed by atoms with Gasteiger partial charge in [-0.05, 0) is 49.5 Å². The zero-order chi connectivity index (χ0) is 14.0. The number of hydrogen-bond acceptors (Lipinski definition) is 5. The Bertz CT molecular complexity index is 484. The van der Waals surface area contributed by atoms with Crippen molar-refractivity contribution in [1.29, 1.82) is 0 Å². The van der Waals surface area contributed by atoms with Gasteiger partial charge in [0.25, 0.3) is 0 Å². The highest BCUT2D eigenvalue weighted by atomic mass is 79.9. The fourth-order valence-electron chi connectivity index (χ4n) is 1.52. The summed E-state index contributed by atoms with van der Waals surface area (Å²) in [5.74, 6) is 1.42. The van der Waals surface area contributed by atoms with Crippen LogP contribution in [0.1, 0.15) is 45.4 Å². The van der Waals surface area contributed by atoms with Crippen molar-refractivity contribution in [2.45, 2.75) is 50.2 Å². The molecule has 1 heterocycles. The molecule has 0 bridgehead atoms. The van der Waals surface area contributed by atoms with Crippen LogP contribution in [0.2, 0.25) is 0 Å². The smallest absolute Gasteiger partial charge is 0.316 e. The van der Waals surface area contributed by atoms with Gasteiger partial charge >= 0.3 is 5.97 Å². The molecule has 1 fully saturated rings. The van der Waals surface area contributed by atoms with Gasteiger partial charge in [0.2, 0.25) is 0 Å². The molecular formula is C13H17BrN2O2S. The molecule has 6 heteroatoms. The summed E-state index contributed by atoms with van der Waals surface area (Å²) in [6.07, 6.45) is 2.32. The predicted octanol–water partition coefficient (Wildman–Crippen LogP) is 3.55. The second-order valence-electron chi connectivity index (χ2n) is 5.54. The Morgan fingerprint density at radius 1 is 1.47 bits per heavy atom. The summed E-state index contributed by atoms with van der Waals surface area (Å²) in [4.78, 5) is 20.5. The molecule has 0 radical (unpaired) electrons. The van der Waals surface area contributed by atoms with Crippen molar-refractivity contribution < 1.29 is 9.53 Å². The fraction of sp³-hybridized carbons (Fsp3) is 0.615. The first kappa shape index (κ1) is 14.8. The van der Waals surface area contributed by atoms with E-state index in [0.717, 1.165) is 28.3 Å². The quantitative estimate of drug-likeness (QED) is 0.475. The van der Waals surface area contributed by atoms with Gasteiger partial charge in [-0.2, -0.15) is 0 Å². The average molecular weight is 345 g/mol. The maximum atomic E-state index is 11.6. The molecule has 4 nitrogen and oxygen atoms in total. The van der Waals surface area contributed by atoms with Crippen LogP contribution in [0.15, 0.2) is 15.7 Å². The lowest BCUT2D eigenvalue weighted by atomic mass is 10.2. The first-order valence-electron chi connectivity index (χ1n) is 6.22. The van der Waals surface area contributed by atoms with Crippen LogP contribution in [-0.2, 0) is 9.53 Å². The van der Waals surface area contributed by atoms with Crippen LogP contribution in [-0.4, -0.2) is 27.3 Å². The molecule has 1 aromatic heterocycles. The second-order valence-corrected chi connectivity index (χ2v) is 7.34. The minimum atomic E-state index is -0.441. The number of hydrogen-bond donors (Lipinski definition) is 0. The average Bonchev–Trinajstić information content (AvgIpc) is 3.07. The third-order valence-corrected chi connectivity index (χ3v) is 3.68. The molecular weight excluding hydrogens is 328 g/mol. The van der Waals surface area contributed by atoms with Crippen molar-refractivity contribution >= 4 is 33.7 Å². The fourth-order valence-corrected chi connectivity index (χ4v) is 2.74. The highest BCUT2D eigenvalue weighted by molar-refractivity contribution is 9.10. The van der Waals surface area contributed by atoms with Crippen LogP contribution in [0, 0.1) is 0 Å².